The number of benzene rings is 1. The van der Waals surface area contributed by atoms with Gasteiger partial charge in [-0.15, -0.1) is 0 Å². The molecule has 0 spiro atoms. The molecule has 1 aliphatic heterocycles. The van der Waals surface area contributed by atoms with Crippen LogP contribution in [0.15, 0.2) is 24.5 Å². The van der Waals surface area contributed by atoms with Crippen LogP contribution in [0.5, 0.6) is 0 Å². The first-order valence-electron chi connectivity index (χ1n) is 8.14. The van der Waals surface area contributed by atoms with Gasteiger partial charge >= 0.3 is 0 Å². The zero-order chi connectivity index (χ0) is 17.1. The van der Waals surface area contributed by atoms with Gasteiger partial charge in [0.05, 0.1) is 5.52 Å². The van der Waals surface area contributed by atoms with Crippen molar-refractivity contribution in [3.05, 3.63) is 30.1 Å². The fraction of sp³-hybridized carbons (Fsp3) is 0.471. The number of anilines is 1. The van der Waals surface area contributed by atoms with Gasteiger partial charge in [-0.05, 0) is 38.3 Å². The predicted octanol–water partition coefficient (Wildman–Crippen LogP) is 3.38. The summed E-state index contributed by atoms with van der Waals surface area (Å²) in [6, 6.07) is 3.84. The number of rotatable bonds is 4. The Morgan fingerprint density at radius 1 is 1.21 bits per heavy atom. The number of halogens is 2. The van der Waals surface area contributed by atoms with Gasteiger partial charge in [-0.25, -0.2) is 18.7 Å². The third-order valence-corrected chi connectivity index (χ3v) is 4.30. The maximum absolute atomic E-state index is 12.8. The number of nitrogens with zero attached hydrogens (tertiary/aromatic N) is 3. The second-order valence-corrected chi connectivity index (χ2v) is 6.05. The van der Waals surface area contributed by atoms with Crippen molar-refractivity contribution in [2.75, 3.05) is 18.4 Å². The molecule has 1 aromatic carbocycles. The van der Waals surface area contributed by atoms with E-state index in [9.17, 15) is 13.6 Å². The van der Waals surface area contributed by atoms with Gasteiger partial charge < -0.3 is 10.2 Å². The normalized spacial score (nSPS) is 16.4. The van der Waals surface area contributed by atoms with E-state index in [-0.39, 0.29) is 11.5 Å². The number of carbonyl (C=O) groups is 1. The molecule has 0 unspecified atom stereocenters. The summed E-state index contributed by atoms with van der Waals surface area (Å²) in [5.74, 6) is 0.518. The number of piperidine rings is 1. The number of amides is 1. The van der Waals surface area contributed by atoms with Gasteiger partial charge in [-0.3, -0.25) is 4.79 Å². The highest BCUT2D eigenvalue weighted by atomic mass is 19.3. The van der Waals surface area contributed by atoms with Crippen molar-refractivity contribution in [3.8, 4) is 0 Å². The number of likely N-dealkylation sites (tertiary alicyclic amines) is 1. The second-order valence-electron chi connectivity index (χ2n) is 6.05. The van der Waals surface area contributed by atoms with E-state index in [1.165, 1.54) is 18.5 Å². The summed E-state index contributed by atoms with van der Waals surface area (Å²) in [4.78, 5) is 22.6. The maximum atomic E-state index is 12.8. The minimum Gasteiger partial charge on any atom is -0.358 e. The Bertz CT molecular complexity index is 732. The molecule has 1 aromatic heterocycles. The maximum Gasteiger partial charge on any atom is 0.263 e. The van der Waals surface area contributed by atoms with E-state index >= 15 is 0 Å². The zero-order valence-corrected chi connectivity index (χ0v) is 13.5. The van der Waals surface area contributed by atoms with Crippen LogP contribution in [0.2, 0.25) is 0 Å². The van der Waals surface area contributed by atoms with E-state index in [4.69, 9.17) is 0 Å². The van der Waals surface area contributed by atoms with Crippen molar-refractivity contribution >= 4 is 22.6 Å². The molecular weight excluding hydrogens is 314 g/mol. The standard InChI is InChI=1S/C17H20F2N4O/c1-11(17(24)23-7-3-2-4-8-23)22-16-13-6-5-12(15(18)19)9-14(13)20-10-21-16/h5-6,9-11,15H,2-4,7-8H2,1H3,(H,20,21,22)/t11-/m1/s1. The number of aromatic nitrogens is 2. The highest BCUT2D eigenvalue weighted by molar-refractivity contribution is 5.92. The van der Waals surface area contributed by atoms with Crippen molar-refractivity contribution < 1.29 is 13.6 Å². The molecule has 1 N–H and O–H groups in total. The summed E-state index contributed by atoms with van der Waals surface area (Å²) in [5, 5.41) is 3.73. The molecule has 1 saturated heterocycles. The largest absolute Gasteiger partial charge is 0.358 e. The van der Waals surface area contributed by atoms with Crippen molar-refractivity contribution in [2.24, 2.45) is 0 Å². The minimum atomic E-state index is -2.54. The monoisotopic (exact) mass is 334 g/mol. The number of fused-ring (bicyclic) bond motifs is 1. The average molecular weight is 334 g/mol. The number of carbonyl (C=O) groups excluding carboxylic acids is 1. The number of hydrogen-bond donors (Lipinski definition) is 1. The lowest BCUT2D eigenvalue weighted by Crippen LogP contribution is -2.44. The van der Waals surface area contributed by atoms with Gasteiger partial charge in [0.15, 0.2) is 0 Å². The molecule has 1 atom stereocenters. The highest BCUT2D eigenvalue weighted by Crippen LogP contribution is 2.26. The van der Waals surface area contributed by atoms with Crippen LogP contribution in [0.1, 0.15) is 38.2 Å². The summed E-state index contributed by atoms with van der Waals surface area (Å²) in [6.07, 6.45) is 2.00. The van der Waals surface area contributed by atoms with Gasteiger partial charge in [-0.1, -0.05) is 6.07 Å². The van der Waals surface area contributed by atoms with Crippen molar-refractivity contribution in [1.82, 2.24) is 14.9 Å². The summed E-state index contributed by atoms with van der Waals surface area (Å²) >= 11 is 0. The summed E-state index contributed by atoms with van der Waals surface area (Å²) in [7, 11) is 0. The molecular formula is C17H20F2N4O. The van der Waals surface area contributed by atoms with Crippen LogP contribution >= 0.6 is 0 Å². The van der Waals surface area contributed by atoms with Gasteiger partial charge in [0.2, 0.25) is 5.91 Å². The molecule has 1 amide bonds. The van der Waals surface area contributed by atoms with Gasteiger partial charge in [0.25, 0.3) is 6.43 Å². The number of nitrogens with one attached hydrogen (secondary N) is 1. The predicted molar refractivity (Wildman–Crippen MR) is 88.0 cm³/mol. The van der Waals surface area contributed by atoms with E-state index < -0.39 is 12.5 Å². The molecule has 1 fully saturated rings. The molecule has 0 bridgehead atoms. The van der Waals surface area contributed by atoms with Crippen molar-refractivity contribution in [3.63, 3.8) is 0 Å². The smallest absolute Gasteiger partial charge is 0.263 e. The molecule has 5 nitrogen and oxygen atoms in total. The Balaban J connectivity index is 1.80. The Morgan fingerprint density at radius 2 is 1.96 bits per heavy atom. The lowest BCUT2D eigenvalue weighted by atomic mass is 10.1. The third-order valence-electron chi connectivity index (χ3n) is 4.30. The third kappa shape index (κ3) is 3.44. The quantitative estimate of drug-likeness (QED) is 0.931. The molecule has 1 aliphatic rings. The van der Waals surface area contributed by atoms with Crippen LogP contribution in [0, 0.1) is 0 Å². The van der Waals surface area contributed by atoms with Crippen molar-refractivity contribution in [2.45, 2.75) is 38.7 Å². The molecule has 24 heavy (non-hydrogen) atoms. The molecule has 0 saturated carbocycles. The zero-order valence-electron chi connectivity index (χ0n) is 13.5. The summed E-state index contributed by atoms with van der Waals surface area (Å²) in [6.45, 7) is 3.36. The number of hydrogen-bond acceptors (Lipinski definition) is 4. The van der Waals surface area contributed by atoms with Crippen LogP contribution in [0.4, 0.5) is 14.6 Å². The lowest BCUT2D eigenvalue weighted by molar-refractivity contribution is -0.132. The Morgan fingerprint density at radius 3 is 2.67 bits per heavy atom. The Labute approximate surface area is 139 Å². The fourth-order valence-electron chi connectivity index (χ4n) is 2.98. The molecule has 2 aromatic rings. The first-order chi connectivity index (χ1) is 11.6. The Kier molecular flexibility index (Phi) is 4.87. The van der Waals surface area contributed by atoms with Crippen LogP contribution < -0.4 is 5.32 Å². The molecule has 128 valence electrons. The fourth-order valence-corrected chi connectivity index (χ4v) is 2.98. The Hall–Kier alpha value is -2.31. The molecule has 7 heteroatoms. The van der Waals surface area contributed by atoms with Crippen LogP contribution in [0.3, 0.4) is 0 Å². The lowest BCUT2D eigenvalue weighted by Gasteiger charge is -2.29. The van der Waals surface area contributed by atoms with E-state index in [0.29, 0.717) is 16.7 Å². The molecule has 0 radical (unpaired) electrons. The van der Waals surface area contributed by atoms with Gasteiger partial charge in [-0.2, -0.15) is 0 Å². The summed E-state index contributed by atoms with van der Waals surface area (Å²) in [5.41, 5.74) is 0.354. The van der Waals surface area contributed by atoms with Crippen molar-refractivity contribution in [1.29, 1.82) is 0 Å². The average Bonchev–Trinajstić information content (AvgIpc) is 2.61. The van der Waals surface area contributed by atoms with E-state index in [2.05, 4.69) is 15.3 Å². The first kappa shape index (κ1) is 16.5. The molecule has 0 aliphatic carbocycles. The first-order valence-corrected chi connectivity index (χ1v) is 8.14. The minimum absolute atomic E-state index is 0.0330. The number of alkyl halides is 2. The van der Waals surface area contributed by atoms with E-state index in [1.807, 2.05) is 4.90 Å². The molecule has 2 heterocycles. The highest BCUT2D eigenvalue weighted by Gasteiger charge is 2.23. The second kappa shape index (κ2) is 7.07. The topological polar surface area (TPSA) is 58.1 Å². The van der Waals surface area contributed by atoms with Crippen LogP contribution in [-0.2, 0) is 4.79 Å². The van der Waals surface area contributed by atoms with Crippen LogP contribution in [-0.4, -0.2) is 39.9 Å². The van der Waals surface area contributed by atoms with Gasteiger partial charge in [0.1, 0.15) is 18.2 Å². The van der Waals surface area contributed by atoms with Gasteiger partial charge in [0, 0.05) is 24.0 Å². The summed E-state index contributed by atoms with van der Waals surface area (Å²) < 4.78 is 25.6. The van der Waals surface area contributed by atoms with Crippen LogP contribution in [0.25, 0.3) is 10.9 Å². The van der Waals surface area contributed by atoms with E-state index in [0.717, 1.165) is 32.4 Å². The molecule has 3 rings (SSSR count). The van der Waals surface area contributed by atoms with E-state index in [1.54, 1.807) is 13.0 Å². The SMILES string of the molecule is C[C@@H](Nc1ncnc2cc(C(F)F)ccc12)C(=O)N1CCCCC1.